The van der Waals surface area contributed by atoms with Crippen LogP contribution in [0.1, 0.15) is 21.6 Å². The molecule has 6 nitrogen and oxygen atoms in total. The van der Waals surface area contributed by atoms with Gasteiger partial charge in [-0.1, -0.05) is 24.3 Å². The van der Waals surface area contributed by atoms with Crippen LogP contribution in [-0.4, -0.2) is 26.6 Å². The molecule has 0 fully saturated rings. The van der Waals surface area contributed by atoms with E-state index in [-0.39, 0.29) is 17.0 Å². The zero-order valence-electron chi connectivity index (χ0n) is 15.2. The minimum atomic E-state index is -0.724. The summed E-state index contributed by atoms with van der Waals surface area (Å²) in [7, 11) is 1.69. The van der Waals surface area contributed by atoms with E-state index < -0.39 is 23.3 Å². The number of fused-ring (bicyclic) bond motifs is 1. The van der Waals surface area contributed by atoms with Crippen molar-refractivity contribution in [1.82, 2.24) is 15.1 Å². The van der Waals surface area contributed by atoms with Gasteiger partial charge in [-0.2, -0.15) is 5.10 Å². The lowest BCUT2D eigenvalue weighted by Gasteiger charge is -2.03. The summed E-state index contributed by atoms with van der Waals surface area (Å²) >= 11 is 0. The Hall–Kier alpha value is -3.74. The zero-order valence-corrected chi connectivity index (χ0v) is 15.2. The summed E-state index contributed by atoms with van der Waals surface area (Å²) in [4.78, 5) is 25.4. The summed E-state index contributed by atoms with van der Waals surface area (Å²) in [6, 6.07) is 11.3. The molecular weight excluding hydrogens is 361 g/mol. The van der Waals surface area contributed by atoms with Crippen LogP contribution in [-0.2, 0) is 11.8 Å². The van der Waals surface area contributed by atoms with Crippen molar-refractivity contribution in [3.8, 4) is 0 Å². The third kappa shape index (κ3) is 2.77. The standard InChI is InChI=1S/C21H16FN3O3/c1-11-7-8-13(22)9-12(11)10-15-19(26)17(21(28)23-15)20(27)18-14-5-3-4-6-16(14)25(2)24-18/h3-10,26H,1-2H3,(H,23,28)/b15-10-. The lowest BCUT2D eigenvalue weighted by molar-refractivity contribution is -0.115. The fourth-order valence-electron chi connectivity index (χ4n) is 3.22. The van der Waals surface area contributed by atoms with E-state index in [1.807, 2.05) is 6.07 Å². The van der Waals surface area contributed by atoms with Crippen LogP contribution in [0.5, 0.6) is 0 Å². The maximum atomic E-state index is 13.5. The Morgan fingerprint density at radius 2 is 2.00 bits per heavy atom. The molecule has 2 heterocycles. The number of aryl methyl sites for hydroxylation is 2. The lowest BCUT2D eigenvalue weighted by Crippen LogP contribution is -2.20. The van der Waals surface area contributed by atoms with Crippen LogP contribution >= 0.6 is 0 Å². The first kappa shape index (κ1) is 17.7. The molecule has 0 spiro atoms. The SMILES string of the molecule is Cc1ccc(F)cc1/C=C1\NC(=O)C(C(=O)c2nn(C)c3ccccc23)=C1O. The van der Waals surface area contributed by atoms with E-state index in [9.17, 15) is 19.1 Å². The van der Waals surface area contributed by atoms with Gasteiger partial charge < -0.3 is 10.4 Å². The number of benzene rings is 2. The molecule has 0 bridgehead atoms. The molecule has 0 saturated heterocycles. The van der Waals surface area contributed by atoms with Crippen LogP contribution in [0.2, 0.25) is 0 Å². The molecule has 2 aromatic carbocycles. The number of para-hydroxylation sites is 1. The first-order valence-corrected chi connectivity index (χ1v) is 8.56. The van der Waals surface area contributed by atoms with E-state index in [2.05, 4.69) is 10.4 Å². The quantitative estimate of drug-likeness (QED) is 0.542. The summed E-state index contributed by atoms with van der Waals surface area (Å²) in [6.45, 7) is 1.77. The third-order valence-electron chi connectivity index (χ3n) is 4.71. The van der Waals surface area contributed by atoms with Gasteiger partial charge in [-0.15, -0.1) is 0 Å². The Bertz CT molecular complexity index is 1220. The van der Waals surface area contributed by atoms with Crippen LogP contribution in [0.3, 0.4) is 0 Å². The number of amides is 1. The van der Waals surface area contributed by atoms with Gasteiger partial charge in [0.2, 0.25) is 5.78 Å². The molecule has 1 aliphatic heterocycles. The Labute approximate surface area is 159 Å². The number of halogens is 1. The molecule has 3 aromatic rings. The molecule has 7 heteroatoms. The summed E-state index contributed by atoms with van der Waals surface area (Å²) < 4.78 is 15.1. The number of carbonyl (C=O) groups is 2. The lowest BCUT2D eigenvalue weighted by atomic mass is 10.0. The van der Waals surface area contributed by atoms with Crippen molar-refractivity contribution in [3.05, 3.63) is 82.1 Å². The Morgan fingerprint density at radius 1 is 1.25 bits per heavy atom. The highest BCUT2D eigenvalue weighted by atomic mass is 19.1. The van der Waals surface area contributed by atoms with Gasteiger partial charge in [-0.05, 0) is 42.3 Å². The monoisotopic (exact) mass is 377 g/mol. The smallest absolute Gasteiger partial charge is 0.263 e. The van der Waals surface area contributed by atoms with Crippen LogP contribution in [0.4, 0.5) is 4.39 Å². The average molecular weight is 377 g/mol. The van der Waals surface area contributed by atoms with Crippen molar-refractivity contribution >= 4 is 28.7 Å². The maximum absolute atomic E-state index is 13.5. The van der Waals surface area contributed by atoms with Crippen LogP contribution in [0.15, 0.2) is 59.5 Å². The van der Waals surface area contributed by atoms with Gasteiger partial charge >= 0.3 is 0 Å². The summed E-state index contributed by atoms with van der Waals surface area (Å²) in [5.41, 5.74) is 1.71. The van der Waals surface area contributed by atoms with Crippen LogP contribution < -0.4 is 5.32 Å². The molecule has 2 N–H and O–H groups in total. The van der Waals surface area contributed by atoms with Gasteiger partial charge in [0.05, 0.1) is 11.2 Å². The Morgan fingerprint density at radius 3 is 2.79 bits per heavy atom. The number of rotatable bonds is 3. The van der Waals surface area contributed by atoms with Crippen molar-refractivity contribution in [2.45, 2.75) is 6.92 Å². The largest absolute Gasteiger partial charge is 0.505 e. The van der Waals surface area contributed by atoms with Gasteiger partial charge in [0.15, 0.2) is 5.76 Å². The second kappa shape index (κ2) is 6.45. The number of ketones is 1. The molecule has 1 amide bonds. The second-order valence-corrected chi connectivity index (χ2v) is 6.56. The minimum absolute atomic E-state index is 0.0438. The molecule has 0 unspecified atom stereocenters. The number of aliphatic hydroxyl groups is 1. The number of carbonyl (C=O) groups excluding carboxylic acids is 2. The molecule has 1 aliphatic rings. The third-order valence-corrected chi connectivity index (χ3v) is 4.71. The Balaban J connectivity index is 1.80. The van der Waals surface area contributed by atoms with Gasteiger partial charge in [0, 0.05) is 12.4 Å². The van der Waals surface area contributed by atoms with Crippen molar-refractivity contribution < 1.29 is 19.1 Å². The maximum Gasteiger partial charge on any atom is 0.263 e. The summed E-state index contributed by atoms with van der Waals surface area (Å²) in [5, 5.41) is 17.8. The highest BCUT2D eigenvalue weighted by Crippen LogP contribution is 2.27. The number of nitrogens with one attached hydrogen (secondary N) is 1. The van der Waals surface area contributed by atoms with E-state index in [1.54, 1.807) is 42.9 Å². The molecule has 28 heavy (non-hydrogen) atoms. The van der Waals surface area contributed by atoms with E-state index >= 15 is 0 Å². The molecule has 140 valence electrons. The van der Waals surface area contributed by atoms with Crippen molar-refractivity contribution in [1.29, 1.82) is 0 Å². The predicted octanol–water partition coefficient (Wildman–Crippen LogP) is 3.19. The number of hydrogen-bond donors (Lipinski definition) is 2. The van der Waals surface area contributed by atoms with E-state index in [4.69, 9.17) is 0 Å². The molecule has 0 aliphatic carbocycles. The fraction of sp³-hybridized carbons (Fsp3) is 0.0952. The number of Topliss-reactive ketones (excluding diaryl/α,β-unsaturated/α-hetero) is 1. The second-order valence-electron chi connectivity index (χ2n) is 6.56. The van der Waals surface area contributed by atoms with Gasteiger partial charge in [0.25, 0.3) is 5.91 Å². The van der Waals surface area contributed by atoms with E-state index in [0.717, 1.165) is 11.1 Å². The van der Waals surface area contributed by atoms with Crippen molar-refractivity contribution in [2.75, 3.05) is 0 Å². The number of aliphatic hydroxyl groups excluding tert-OH is 1. The topological polar surface area (TPSA) is 84.2 Å². The van der Waals surface area contributed by atoms with E-state index in [0.29, 0.717) is 10.9 Å². The number of hydrogen-bond acceptors (Lipinski definition) is 4. The number of nitrogens with zero attached hydrogens (tertiary/aromatic N) is 2. The average Bonchev–Trinajstić information content (AvgIpc) is 3.15. The van der Waals surface area contributed by atoms with Crippen LogP contribution in [0, 0.1) is 12.7 Å². The minimum Gasteiger partial charge on any atom is -0.505 e. The van der Waals surface area contributed by atoms with Gasteiger partial charge in [-0.3, -0.25) is 14.3 Å². The molecule has 4 rings (SSSR count). The summed E-state index contributed by atoms with van der Waals surface area (Å²) in [6.07, 6.45) is 1.43. The number of aromatic nitrogens is 2. The zero-order chi connectivity index (χ0) is 20.0. The van der Waals surface area contributed by atoms with Crippen LogP contribution in [0.25, 0.3) is 17.0 Å². The highest BCUT2D eigenvalue weighted by molar-refractivity contribution is 6.30. The predicted molar refractivity (Wildman–Crippen MR) is 102 cm³/mol. The molecule has 0 atom stereocenters. The normalized spacial score (nSPS) is 15.5. The summed E-state index contributed by atoms with van der Waals surface area (Å²) in [5.74, 6) is -2.32. The molecule has 0 saturated carbocycles. The molecular formula is C21H16FN3O3. The van der Waals surface area contributed by atoms with Crippen molar-refractivity contribution in [2.24, 2.45) is 7.05 Å². The Kier molecular flexibility index (Phi) is 4.07. The van der Waals surface area contributed by atoms with Crippen molar-refractivity contribution in [3.63, 3.8) is 0 Å². The van der Waals surface area contributed by atoms with Gasteiger partial charge in [0.1, 0.15) is 17.1 Å². The van der Waals surface area contributed by atoms with E-state index in [1.165, 1.54) is 18.2 Å². The highest BCUT2D eigenvalue weighted by Gasteiger charge is 2.35. The fourth-order valence-corrected chi connectivity index (χ4v) is 3.22. The first-order chi connectivity index (χ1) is 13.4. The molecule has 1 aromatic heterocycles. The van der Waals surface area contributed by atoms with Gasteiger partial charge in [-0.25, -0.2) is 4.39 Å². The first-order valence-electron chi connectivity index (χ1n) is 8.56. The molecule has 0 radical (unpaired) electrons.